The number of ether oxygens (including phenoxy) is 1. The summed E-state index contributed by atoms with van der Waals surface area (Å²) in [5.41, 5.74) is 0. The molecule has 0 radical (unpaired) electrons. The van der Waals surface area contributed by atoms with Gasteiger partial charge in [-0.3, -0.25) is 9.83 Å². The Morgan fingerprint density at radius 2 is 2.00 bits per heavy atom. The molecule has 0 unspecified atom stereocenters. The molecule has 0 aliphatic carbocycles. The van der Waals surface area contributed by atoms with Gasteiger partial charge in [0.05, 0.1) is 16.9 Å². The highest BCUT2D eigenvalue weighted by molar-refractivity contribution is 7.94. The van der Waals surface area contributed by atoms with E-state index in [1.54, 1.807) is 0 Å². The minimum atomic E-state index is -4.62. The van der Waals surface area contributed by atoms with Crippen molar-refractivity contribution >= 4 is 38.7 Å². The number of rotatable bonds is 7. The number of hydrogen-bond donors (Lipinski definition) is 0. The molecule has 0 saturated heterocycles. The van der Waals surface area contributed by atoms with Gasteiger partial charge in [-0.05, 0) is 42.6 Å². The summed E-state index contributed by atoms with van der Waals surface area (Å²) in [4.78, 5) is 11.0. The molecule has 10 heteroatoms. The zero-order valence-corrected chi connectivity index (χ0v) is 13.3. The Morgan fingerprint density at radius 1 is 1.26 bits per heavy atom. The molecule has 23 heavy (non-hydrogen) atoms. The van der Waals surface area contributed by atoms with E-state index in [1.807, 2.05) is 0 Å². The van der Waals surface area contributed by atoms with Crippen molar-refractivity contribution in [2.24, 2.45) is 0 Å². The topological polar surface area (TPSA) is 125 Å². The molecule has 8 nitrogen and oxygen atoms in total. The summed E-state index contributed by atoms with van der Waals surface area (Å²) >= 11 is 0.570. The number of Topliss-reactive ketones (excluding diaryl/α,β-unsaturated/α-hetero) is 1. The molecule has 0 fully saturated rings. The first-order chi connectivity index (χ1) is 10.8. The lowest BCUT2D eigenvalue weighted by atomic mass is 10.1. The molecule has 0 heterocycles. The van der Waals surface area contributed by atoms with Crippen LogP contribution in [0.15, 0.2) is 40.1 Å². The highest BCUT2D eigenvalue weighted by atomic mass is 32.2. The molecule has 0 aliphatic rings. The SMILES string of the molecule is CC(=O)COc1cc(SOO[O-])cc2cc(S(=O)(=O)[O-])ccc12. The Morgan fingerprint density at radius 3 is 2.61 bits per heavy atom. The fourth-order valence-electron chi connectivity index (χ4n) is 1.84. The van der Waals surface area contributed by atoms with E-state index in [9.17, 15) is 23.0 Å². The third-order valence-electron chi connectivity index (χ3n) is 2.74. The molecule has 0 spiro atoms. The quantitative estimate of drug-likeness (QED) is 0.308. The maximum atomic E-state index is 11.1. The van der Waals surface area contributed by atoms with Crippen LogP contribution in [0.3, 0.4) is 0 Å². The van der Waals surface area contributed by atoms with Crippen molar-refractivity contribution in [1.29, 1.82) is 0 Å². The minimum Gasteiger partial charge on any atom is -0.744 e. The molecule has 2 aromatic carbocycles. The molecular weight excluding hydrogens is 348 g/mol. The van der Waals surface area contributed by atoms with E-state index in [0.717, 1.165) is 6.07 Å². The van der Waals surface area contributed by atoms with Gasteiger partial charge >= 0.3 is 0 Å². The van der Waals surface area contributed by atoms with Crippen molar-refractivity contribution in [3.63, 3.8) is 0 Å². The molecule has 0 aromatic heterocycles. The molecule has 0 amide bonds. The van der Waals surface area contributed by atoms with E-state index in [0.29, 0.717) is 27.7 Å². The molecular formula is C13H10O8S2-2. The summed E-state index contributed by atoms with van der Waals surface area (Å²) in [6, 6.07) is 6.68. The Bertz CT molecular complexity index is 831. The molecule has 124 valence electrons. The predicted molar refractivity (Wildman–Crippen MR) is 76.1 cm³/mol. The highest BCUT2D eigenvalue weighted by Crippen LogP contribution is 2.33. The third kappa shape index (κ3) is 4.64. The lowest BCUT2D eigenvalue weighted by Crippen LogP contribution is -2.07. The van der Waals surface area contributed by atoms with Crippen LogP contribution in [-0.4, -0.2) is 25.4 Å². The smallest absolute Gasteiger partial charge is 0.167 e. The normalized spacial score (nSPS) is 11.6. The standard InChI is InChI=1S/C13H12O8S2/c1-8(14)7-19-13-6-10(22-21-20-15)4-9-5-11(23(16,17)18)2-3-12(9)13/h2-6,15H,7H2,1H3,(H,16,17,18)/p-2. The maximum absolute atomic E-state index is 11.1. The average molecular weight is 358 g/mol. The Kier molecular flexibility index (Phi) is 5.57. The van der Waals surface area contributed by atoms with E-state index < -0.39 is 15.0 Å². The van der Waals surface area contributed by atoms with Crippen LogP contribution in [0.5, 0.6) is 5.75 Å². The fraction of sp³-hybridized carbons (Fsp3) is 0.154. The Balaban J connectivity index is 2.54. The number of carbonyl (C=O) groups excluding carboxylic acids is 1. The first-order valence-electron chi connectivity index (χ1n) is 6.10. The van der Waals surface area contributed by atoms with Gasteiger partial charge in [0.15, 0.2) is 5.78 Å². The Labute approximate surface area is 135 Å². The largest absolute Gasteiger partial charge is 0.744 e. The van der Waals surface area contributed by atoms with Crippen molar-refractivity contribution in [2.45, 2.75) is 16.7 Å². The summed E-state index contributed by atoms with van der Waals surface area (Å²) in [7, 11) is -4.62. The number of ketones is 1. The summed E-state index contributed by atoms with van der Waals surface area (Å²) < 4.78 is 42.9. The van der Waals surface area contributed by atoms with E-state index in [1.165, 1.54) is 31.2 Å². The van der Waals surface area contributed by atoms with Gasteiger partial charge in [-0.2, -0.15) is 4.33 Å². The van der Waals surface area contributed by atoms with Gasteiger partial charge in [0.2, 0.25) is 0 Å². The van der Waals surface area contributed by atoms with E-state index in [2.05, 4.69) is 9.37 Å². The van der Waals surface area contributed by atoms with Crippen LogP contribution in [0.4, 0.5) is 0 Å². The zero-order chi connectivity index (χ0) is 17.0. The number of fused-ring (bicyclic) bond motifs is 1. The van der Waals surface area contributed by atoms with E-state index in [-0.39, 0.29) is 18.1 Å². The molecule has 2 aromatic rings. The van der Waals surface area contributed by atoms with E-state index in [4.69, 9.17) is 4.74 Å². The van der Waals surface area contributed by atoms with Gasteiger partial charge in [0, 0.05) is 10.3 Å². The van der Waals surface area contributed by atoms with Crippen LogP contribution in [0.25, 0.3) is 10.8 Å². The van der Waals surface area contributed by atoms with Crippen molar-refractivity contribution in [2.75, 3.05) is 6.61 Å². The van der Waals surface area contributed by atoms with Gasteiger partial charge in [0.25, 0.3) is 0 Å². The molecule has 0 saturated carbocycles. The van der Waals surface area contributed by atoms with Gasteiger partial charge in [0.1, 0.15) is 22.5 Å². The van der Waals surface area contributed by atoms with Crippen molar-refractivity contribution in [1.82, 2.24) is 0 Å². The van der Waals surface area contributed by atoms with Crippen LogP contribution in [0, 0.1) is 0 Å². The van der Waals surface area contributed by atoms with Crippen LogP contribution in [0.1, 0.15) is 6.92 Å². The molecule has 0 aliphatic heterocycles. The van der Waals surface area contributed by atoms with Gasteiger partial charge in [-0.1, -0.05) is 0 Å². The van der Waals surface area contributed by atoms with Crippen LogP contribution in [0.2, 0.25) is 0 Å². The lowest BCUT2D eigenvalue weighted by molar-refractivity contribution is -0.777. The molecule has 2 rings (SSSR count). The summed E-state index contributed by atoms with van der Waals surface area (Å²) in [5.74, 6) is 0.0543. The number of hydrogen-bond acceptors (Lipinski definition) is 9. The highest BCUT2D eigenvalue weighted by Gasteiger charge is 2.10. The average Bonchev–Trinajstić information content (AvgIpc) is 2.48. The zero-order valence-electron chi connectivity index (χ0n) is 11.7. The molecule has 0 N–H and O–H groups in total. The number of benzene rings is 2. The Hall–Kier alpha value is -1.69. The summed E-state index contributed by atoms with van der Waals surface area (Å²) in [5, 5.41) is 14.0. The van der Waals surface area contributed by atoms with E-state index >= 15 is 0 Å². The van der Waals surface area contributed by atoms with Crippen molar-refractivity contribution in [3.8, 4) is 5.75 Å². The second kappa shape index (κ2) is 7.25. The summed E-state index contributed by atoms with van der Waals surface area (Å²) in [6.45, 7) is 1.15. The summed E-state index contributed by atoms with van der Waals surface area (Å²) in [6.07, 6.45) is 0. The van der Waals surface area contributed by atoms with Crippen LogP contribution >= 0.6 is 12.0 Å². The van der Waals surface area contributed by atoms with Crippen LogP contribution < -0.4 is 9.99 Å². The molecule has 0 bridgehead atoms. The monoisotopic (exact) mass is 358 g/mol. The predicted octanol–water partition coefficient (Wildman–Crippen LogP) is 0.942. The second-order valence-electron chi connectivity index (χ2n) is 4.47. The maximum Gasteiger partial charge on any atom is 0.167 e. The van der Waals surface area contributed by atoms with Gasteiger partial charge < -0.3 is 14.5 Å². The van der Waals surface area contributed by atoms with Crippen molar-refractivity contribution in [3.05, 3.63) is 30.3 Å². The van der Waals surface area contributed by atoms with Gasteiger partial charge in [-0.15, -0.1) is 0 Å². The number of carbonyl (C=O) groups is 1. The van der Waals surface area contributed by atoms with Crippen LogP contribution in [-0.2, 0) is 24.3 Å². The van der Waals surface area contributed by atoms with Crippen molar-refractivity contribution < 1.29 is 37.1 Å². The van der Waals surface area contributed by atoms with Gasteiger partial charge in [-0.25, -0.2) is 8.42 Å². The minimum absolute atomic E-state index is 0.191. The first-order valence-corrected chi connectivity index (χ1v) is 8.25. The third-order valence-corrected chi connectivity index (χ3v) is 4.12. The first kappa shape index (κ1) is 17.7. The molecule has 0 atom stereocenters. The fourth-order valence-corrected chi connectivity index (χ4v) is 2.78. The second-order valence-corrected chi connectivity index (χ2v) is 6.62. The lowest BCUT2D eigenvalue weighted by Gasteiger charge is -2.13.